The van der Waals surface area contributed by atoms with Crippen molar-refractivity contribution in [1.82, 2.24) is 10.6 Å². The lowest BCUT2D eigenvalue weighted by molar-refractivity contribution is 0.146. The number of β-amino-alcohol motifs (C(OH)–C–C–N with tert-alkyl or cyclic N) is 1. The van der Waals surface area contributed by atoms with E-state index < -0.39 is 0 Å². The fourth-order valence-electron chi connectivity index (χ4n) is 2.01. The summed E-state index contributed by atoms with van der Waals surface area (Å²) in [6, 6.07) is 5.49. The Balaban J connectivity index is 0.00000162. The van der Waals surface area contributed by atoms with Crippen LogP contribution in [0, 0.1) is 5.92 Å². The van der Waals surface area contributed by atoms with Crippen molar-refractivity contribution < 1.29 is 5.11 Å². The largest absolute Gasteiger partial charge is 0.391 e. The maximum atomic E-state index is 9.64. The van der Waals surface area contributed by atoms with E-state index in [1.54, 1.807) is 0 Å². The smallest absolute Gasteiger partial charge is 0.0716 e. The van der Waals surface area contributed by atoms with Crippen LogP contribution in [0.3, 0.4) is 0 Å². The van der Waals surface area contributed by atoms with Gasteiger partial charge in [0.05, 0.1) is 6.10 Å². The Labute approximate surface area is 123 Å². The Morgan fingerprint density at radius 2 is 1.94 bits per heavy atom. The Hall–Kier alpha value is -0.0300. The molecule has 1 aliphatic heterocycles. The minimum atomic E-state index is -0.260. The predicted octanol–water partition coefficient (Wildman–Crippen LogP) is 2.09. The average molecular weight is 312 g/mol. The first-order chi connectivity index (χ1) is 8.18. The third kappa shape index (κ3) is 3.98. The lowest BCUT2D eigenvalue weighted by Gasteiger charge is -2.15. The number of aliphatic hydroxyl groups excluding tert-OH is 1. The van der Waals surface area contributed by atoms with Crippen LogP contribution in [-0.2, 0) is 6.54 Å². The first-order valence-electron chi connectivity index (χ1n) is 5.71. The summed E-state index contributed by atoms with van der Waals surface area (Å²) in [4.78, 5) is 0. The summed E-state index contributed by atoms with van der Waals surface area (Å²) in [7, 11) is 0. The van der Waals surface area contributed by atoms with Crippen LogP contribution in [0.25, 0.3) is 0 Å². The molecule has 2 unspecified atom stereocenters. The van der Waals surface area contributed by atoms with Crippen molar-refractivity contribution in [3.05, 3.63) is 33.8 Å². The summed E-state index contributed by atoms with van der Waals surface area (Å²) in [5.41, 5.74) is 0.913. The van der Waals surface area contributed by atoms with Crippen molar-refractivity contribution >= 4 is 35.6 Å². The molecule has 18 heavy (non-hydrogen) atoms. The standard InChI is InChI=1S/C12H16Cl2N2O.ClH/c13-10-2-1-3-11(14)9(10)6-15-4-8-5-16-7-12(8)17;/h1-3,8,12,15-17H,4-7H2;1H. The van der Waals surface area contributed by atoms with Crippen LogP contribution in [0.5, 0.6) is 0 Å². The van der Waals surface area contributed by atoms with Crippen LogP contribution in [0.4, 0.5) is 0 Å². The number of nitrogens with one attached hydrogen (secondary N) is 2. The molecule has 1 aromatic rings. The summed E-state index contributed by atoms with van der Waals surface area (Å²) in [5, 5.41) is 17.4. The number of rotatable bonds is 4. The molecule has 1 aromatic carbocycles. The van der Waals surface area contributed by atoms with E-state index in [4.69, 9.17) is 23.2 Å². The van der Waals surface area contributed by atoms with Crippen molar-refractivity contribution in [2.24, 2.45) is 5.92 Å². The van der Waals surface area contributed by atoms with E-state index in [1.165, 1.54) is 0 Å². The maximum Gasteiger partial charge on any atom is 0.0716 e. The molecule has 6 heteroatoms. The molecule has 0 radical (unpaired) electrons. The normalized spacial score (nSPS) is 22.8. The van der Waals surface area contributed by atoms with Crippen LogP contribution < -0.4 is 10.6 Å². The monoisotopic (exact) mass is 310 g/mol. The van der Waals surface area contributed by atoms with E-state index in [9.17, 15) is 5.11 Å². The highest BCUT2D eigenvalue weighted by atomic mass is 35.5. The minimum Gasteiger partial charge on any atom is -0.391 e. The maximum absolute atomic E-state index is 9.64. The van der Waals surface area contributed by atoms with Crippen LogP contribution in [0.2, 0.25) is 10.0 Å². The third-order valence-electron chi connectivity index (χ3n) is 3.07. The van der Waals surface area contributed by atoms with Gasteiger partial charge in [-0.1, -0.05) is 29.3 Å². The fourth-order valence-corrected chi connectivity index (χ4v) is 2.54. The van der Waals surface area contributed by atoms with E-state index in [1.807, 2.05) is 18.2 Å². The Kier molecular flexibility index (Phi) is 6.71. The van der Waals surface area contributed by atoms with Crippen molar-refractivity contribution in [2.75, 3.05) is 19.6 Å². The molecule has 2 atom stereocenters. The topological polar surface area (TPSA) is 44.3 Å². The third-order valence-corrected chi connectivity index (χ3v) is 3.78. The van der Waals surface area contributed by atoms with Gasteiger partial charge >= 0.3 is 0 Å². The molecular formula is C12H17Cl3N2O. The number of hydrogen-bond acceptors (Lipinski definition) is 3. The molecule has 1 aliphatic rings. The molecule has 1 saturated heterocycles. The van der Waals surface area contributed by atoms with Crippen molar-refractivity contribution in [2.45, 2.75) is 12.6 Å². The van der Waals surface area contributed by atoms with Crippen molar-refractivity contribution in [1.29, 1.82) is 0 Å². The lowest BCUT2D eigenvalue weighted by Crippen LogP contribution is -2.30. The van der Waals surface area contributed by atoms with Gasteiger partial charge in [-0.25, -0.2) is 0 Å². The summed E-state index contributed by atoms with van der Waals surface area (Å²) >= 11 is 12.1. The second kappa shape index (κ2) is 7.53. The number of benzene rings is 1. The molecular weight excluding hydrogens is 295 g/mol. The van der Waals surface area contributed by atoms with Gasteiger partial charge in [-0.05, 0) is 12.1 Å². The van der Waals surface area contributed by atoms with E-state index in [0.717, 1.165) is 18.7 Å². The van der Waals surface area contributed by atoms with E-state index in [-0.39, 0.29) is 24.4 Å². The van der Waals surface area contributed by atoms with E-state index >= 15 is 0 Å². The second-order valence-corrected chi connectivity index (χ2v) is 5.13. The fraction of sp³-hybridized carbons (Fsp3) is 0.500. The van der Waals surface area contributed by atoms with Crippen molar-refractivity contribution in [3.8, 4) is 0 Å². The highest BCUT2D eigenvalue weighted by Gasteiger charge is 2.24. The zero-order chi connectivity index (χ0) is 12.3. The van der Waals surface area contributed by atoms with E-state index in [0.29, 0.717) is 23.1 Å². The molecule has 0 bridgehead atoms. The van der Waals surface area contributed by atoms with Crippen LogP contribution in [-0.4, -0.2) is 30.8 Å². The average Bonchev–Trinajstić information content (AvgIpc) is 2.69. The number of hydrogen-bond donors (Lipinski definition) is 3. The molecule has 0 aromatic heterocycles. The van der Waals surface area contributed by atoms with Gasteiger partial charge in [-0.3, -0.25) is 0 Å². The molecule has 0 aliphatic carbocycles. The first-order valence-corrected chi connectivity index (χ1v) is 6.46. The van der Waals surface area contributed by atoms with E-state index in [2.05, 4.69) is 10.6 Å². The predicted molar refractivity (Wildman–Crippen MR) is 77.8 cm³/mol. The van der Waals surface area contributed by atoms with Crippen LogP contribution >= 0.6 is 35.6 Å². The zero-order valence-corrected chi connectivity index (χ0v) is 12.2. The summed E-state index contributed by atoms with van der Waals surface area (Å²) in [5.74, 6) is 0.260. The number of aliphatic hydroxyl groups is 1. The van der Waals surface area contributed by atoms with Crippen LogP contribution in [0.1, 0.15) is 5.56 Å². The minimum absolute atomic E-state index is 0. The molecule has 3 nitrogen and oxygen atoms in total. The van der Waals surface area contributed by atoms with Gasteiger partial charge in [0.15, 0.2) is 0 Å². The second-order valence-electron chi connectivity index (χ2n) is 4.32. The Bertz CT molecular complexity index is 369. The van der Waals surface area contributed by atoms with Gasteiger partial charge in [0.2, 0.25) is 0 Å². The Morgan fingerprint density at radius 1 is 1.28 bits per heavy atom. The summed E-state index contributed by atoms with van der Waals surface area (Å²) in [6.45, 7) is 2.92. The van der Waals surface area contributed by atoms with Gasteiger partial charge < -0.3 is 15.7 Å². The lowest BCUT2D eigenvalue weighted by atomic mass is 10.1. The highest BCUT2D eigenvalue weighted by molar-refractivity contribution is 6.35. The summed E-state index contributed by atoms with van der Waals surface area (Å²) < 4.78 is 0. The SMILES string of the molecule is Cl.OC1CNCC1CNCc1c(Cl)cccc1Cl. The van der Waals surface area contributed by atoms with Gasteiger partial charge in [0, 0.05) is 47.7 Å². The molecule has 102 valence electrons. The number of halogens is 3. The molecule has 1 heterocycles. The van der Waals surface area contributed by atoms with Gasteiger partial charge in [0.25, 0.3) is 0 Å². The molecule has 3 N–H and O–H groups in total. The molecule has 0 saturated carbocycles. The highest BCUT2D eigenvalue weighted by Crippen LogP contribution is 2.23. The first kappa shape index (κ1) is 16.0. The quantitative estimate of drug-likeness (QED) is 0.798. The Morgan fingerprint density at radius 3 is 2.50 bits per heavy atom. The zero-order valence-electron chi connectivity index (χ0n) is 9.83. The van der Waals surface area contributed by atoms with Crippen LogP contribution in [0.15, 0.2) is 18.2 Å². The molecule has 2 rings (SSSR count). The molecule has 1 fully saturated rings. The van der Waals surface area contributed by atoms with Gasteiger partial charge in [0.1, 0.15) is 0 Å². The van der Waals surface area contributed by atoms with Crippen molar-refractivity contribution in [3.63, 3.8) is 0 Å². The summed E-state index contributed by atoms with van der Waals surface area (Å²) in [6.07, 6.45) is -0.260. The molecule has 0 spiro atoms. The van der Waals surface area contributed by atoms with Gasteiger partial charge in [-0.2, -0.15) is 0 Å². The van der Waals surface area contributed by atoms with Gasteiger partial charge in [-0.15, -0.1) is 12.4 Å². The molecule has 0 amide bonds.